The van der Waals surface area contributed by atoms with Crippen LogP contribution in [-0.4, -0.2) is 33.5 Å². The number of thioether (sulfide) groups is 1. The smallest absolute Gasteiger partial charge is 0.234 e. The van der Waals surface area contributed by atoms with E-state index in [4.69, 9.17) is 16.3 Å². The average molecular weight is 465 g/mol. The average Bonchev–Trinajstić information content (AvgIpc) is 3.22. The molecule has 0 saturated heterocycles. The molecule has 0 radical (unpaired) electrons. The Hall–Kier alpha value is -3.29. The number of aromatic nitrogens is 3. The first-order chi connectivity index (χ1) is 15.6. The zero-order chi connectivity index (χ0) is 22.3. The number of methoxy groups -OCH3 is 1. The van der Waals surface area contributed by atoms with Crippen LogP contribution in [0.3, 0.4) is 0 Å². The van der Waals surface area contributed by atoms with Crippen molar-refractivity contribution in [1.29, 1.82) is 0 Å². The molecule has 6 nitrogen and oxygen atoms in total. The highest BCUT2D eigenvalue weighted by Gasteiger charge is 2.16. The maximum Gasteiger partial charge on any atom is 0.234 e. The maximum absolute atomic E-state index is 12.4. The van der Waals surface area contributed by atoms with Crippen molar-refractivity contribution in [2.24, 2.45) is 0 Å². The molecule has 32 heavy (non-hydrogen) atoms. The van der Waals surface area contributed by atoms with Gasteiger partial charge in [-0.15, -0.1) is 10.2 Å². The van der Waals surface area contributed by atoms with Gasteiger partial charge in [0.2, 0.25) is 5.91 Å². The summed E-state index contributed by atoms with van der Waals surface area (Å²) in [6.45, 7) is 0. The van der Waals surface area contributed by atoms with Gasteiger partial charge in [0, 0.05) is 22.8 Å². The Morgan fingerprint density at radius 1 is 1.00 bits per heavy atom. The summed E-state index contributed by atoms with van der Waals surface area (Å²) in [5.41, 5.74) is 2.73. The van der Waals surface area contributed by atoms with Crippen molar-refractivity contribution < 1.29 is 9.53 Å². The fraction of sp³-hybridized carbons (Fsp3) is 0.125. The van der Waals surface area contributed by atoms with Gasteiger partial charge in [0.15, 0.2) is 5.16 Å². The molecule has 1 N–H and O–H groups in total. The number of anilines is 1. The summed E-state index contributed by atoms with van der Waals surface area (Å²) in [5, 5.41) is 12.9. The predicted octanol–water partition coefficient (Wildman–Crippen LogP) is 5.25. The van der Waals surface area contributed by atoms with Gasteiger partial charge < -0.3 is 10.1 Å². The van der Waals surface area contributed by atoms with E-state index in [1.807, 2.05) is 59.2 Å². The van der Waals surface area contributed by atoms with Crippen molar-refractivity contribution in [3.8, 4) is 11.4 Å². The fourth-order valence-electron chi connectivity index (χ4n) is 3.13. The van der Waals surface area contributed by atoms with E-state index in [2.05, 4.69) is 15.5 Å². The molecule has 1 amide bonds. The summed E-state index contributed by atoms with van der Waals surface area (Å²) in [4.78, 5) is 12.4. The number of nitrogens with one attached hydrogen (secondary N) is 1. The normalized spacial score (nSPS) is 10.7. The number of carbonyl (C=O) groups is 1. The number of amides is 1. The zero-order valence-electron chi connectivity index (χ0n) is 17.4. The summed E-state index contributed by atoms with van der Waals surface area (Å²) < 4.78 is 7.23. The van der Waals surface area contributed by atoms with Crippen molar-refractivity contribution in [2.45, 2.75) is 11.6 Å². The van der Waals surface area contributed by atoms with Crippen molar-refractivity contribution in [3.05, 3.63) is 95.3 Å². The molecule has 0 saturated carbocycles. The van der Waals surface area contributed by atoms with Crippen LogP contribution in [-0.2, 0) is 11.2 Å². The van der Waals surface area contributed by atoms with Crippen LogP contribution in [0.4, 0.5) is 5.69 Å². The molecule has 8 heteroatoms. The fourth-order valence-corrected chi connectivity index (χ4v) is 4.03. The summed E-state index contributed by atoms with van der Waals surface area (Å²) in [6.07, 6.45) is 0.601. The Morgan fingerprint density at radius 2 is 1.72 bits per heavy atom. The molecular formula is C24H21ClN4O2S. The summed E-state index contributed by atoms with van der Waals surface area (Å²) in [5.74, 6) is 1.68. The van der Waals surface area contributed by atoms with Crippen molar-refractivity contribution >= 4 is 35.0 Å². The third-order valence-corrected chi connectivity index (χ3v) is 5.88. The number of halogens is 1. The van der Waals surface area contributed by atoms with E-state index in [0.717, 1.165) is 22.8 Å². The molecule has 0 atom stereocenters. The maximum atomic E-state index is 12.4. The van der Waals surface area contributed by atoms with E-state index in [1.54, 1.807) is 31.4 Å². The van der Waals surface area contributed by atoms with Crippen molar-refractivity contribution in [3.63, 3.8) is 0 Å². The highest BCUT2D eigenvalue weighted by atomic mass is 35.5. The van der Waals surface area contributed by atoms with Crippen LogP contribution < -0.4 is 10.1 Å². The Morgan fingerprint density at radius 3 is 2.41 bits per heavy atom. The van der Waals surface area contributed by atoms with Gasteiger partial charge in [-0.05, 0) is 54.1 Å². The molecular weight excluding hydrogens is 444 g/mol. The SMILES string of the molecule is COc1ccc(Cc2nnc(SCC(=O)Nc3ccc(Cl)cc3)n2-c2ccccc2)cc1. The molecule has 1 heterocycles. The van der Waals surface area contributed by atoms with Crippen LogP contribution in [0.25, 0.3) is 5.69 Å². The number of rotatable bonds is 8. The number of para-hydroxylation sites is 1. The lowest BCUT2D eigenvalue weighted by Gasteiger charge is -2.11. The second-order valence-corrected chi connectivity index (χ2v) is 8.32. The van der Waals surface area contributed by atoms with Crippen molar-refractivity contribution in [1.82, 2.24) is 14.8 Å². The summed E-state index contributed by atoms with van der Waals surface area (Å²) in [6, 6.07) is 24.8. The van der Waals surface area contributed by atoms with E-state index in [-0.39, 0.29) is 11.7 Å². The van der Waals surface area contributed by atoms with Gasteiger partial charge in [0.05, 0.1) is 12.9 Å². The van der Waals surface area contributed by atoms with Gasteiger partial charge in [0.25, 0.3) is 0 Å². The predicted molar refractivity (Wildman–Crippen MR) is 128 cm³/mol. The largest absolute Gasteiger partial charge is 0.497 e. The van der Waals surface area contributed by atoms with Crippen LogP contribution in [0.2, 0.25) is 5.02 Å². The van der Waals surface area contributed by atoms with Gasteiger partial charge in [0.1, 0.15) is 11.6 Å². The lowest BCUT2D eigenvalue weighted by Crippen LogP contribution is -2.14. The molecule has 0 fully saturated rings. The third kappa shape index (κ3) is 5.49. The van der Waals surface area contributed by atoms with Gasteiger partial charge in [-0.3, -0.25) is 9.36 Å². The zero-order valence-corrected chi connectivity index (χ0v) is 18.9. The van der Waals surface area contributed by atoms with Crippen molar-refractivity contribution in [2.75, 3.05) is 18.2 Å². The molecule has 4 aromatic rings. The van der Waals surface area contributed by atoms with Gasteiger partial charge in [-0.25, -0.2) is 0 Å². The van der Waals surface area contributed by atoms with E-state index < -0.39 is 0 Å². The molecule has 0 unspecified atom stereocenters. The van der Waals surface area contributed by atoms with Gasteiger partial charge >= 0.3 is 0 Å². The molecule has 0 spiro atoms. The highest BCUT2D eigenvalue weighted by molar-refractivity contribution is 7.99. The minimum Gasteiger partial charge on any atom is -0.497 e. The number of benzene rings is 3. The number of nitrogens with zero attached hydrogens (tertiary/aromatic N) is 3. The Balaban J connectivity index is 1.52. The second kappa shape index (κ2) is 10.3. The molecule has 4 rings (SSSR count). The minimum absolute atomic E-state index is 0.128. The molecule has 0 aliphatic rings. The van der Waals surface area contributed by atoms with Crippen LogP contribution >= 0.6 is 23.4 Å². The number of hydrogen-bond acceptors (Lipinski definition) is 5. The van der Waals surface area contributed by atoms with E-state index in [9.17, 15) is 4.79 Å². The van der Waals surface area contributed by atoms with Crippen LogP contribution in [0.5, 0.6) is 5.75 Å². The Labute approximate surface area is 195 Å². The number of ether oxygens (including phenoxy) is 1. The molecule has 162 valence electrons. The number of carbonyl (C=O) groups excluding carboxylic acids is 1. The molecule has 0 aliphatic heterocycles. The second-order valence-electron chi connectivity index (χ2n) is 6.94. The first-order valence-corrected chi connectivity index (χ1v) is 11.3. The Kier molecular flexibility index (Phi) is 7.09. The van der Waals surface area contributed by atoms with Crippen LogP contribution in [0.1, 0.15) is 11.4 Å². The minimum atomic E-state index is -0.128. The number of hydrogen-bond donors (Lipinski definition) is 1. The molecule has 3 aromatic carbocycles. The van der Waals surface area contributed by atoms with E-state index in [0.29, 0.717) is 22.3 Å². The first-order valence-electron chi connectivity index (χ1n) is 9.93. The monoisotopic (exact) mass is 464 g/mol. The molecule has 0 bridgehead atoms. The lowest BCUT2D eigenvalue weighted by molar-refractivity contribution is -0.113. The van der Waals surface area contributed by atoms with E-state index >= 15 is 0 Å². The van der Waals surface area contributed by atoms with Crippen LogP contribution in [0.15, 0.2) is 84.0 Å². The Bertz CT molecular complexity index is 1180. The topological polar surface area (TPSA) is 69.0 Å². The first kappa shape index (κ1) is 21.9. The summed E-state index contributed by atoms with van der Waals surface area (Å²) >= 11 is 7.24. The van der Waals surface area contributed by atoms with Gasteiger partial charge in [-0.1, -0.05) is 53.7 Å². The molecule has 0 aliphatic carbocycles. The third-order valence-electron chi connectivity index (χ3n) is 4.70. The van der Waals surface area contributed by atoms with Gasteiger partial charge in [-0.2, -0.15) is 0 Å². The van der Waals surface area contributed by atoms with E-state index in [1.165, 1.54) is 11.8 Å². The lowest BCUT2D eigenvalue weighted by atomic mass is 10.1. The standard InChI is InChI=1S/C24H21ClN4O2S/c1-31-21-13-7-17(8-14-21)15-22-27-28-24(29(22)20-5-3-2-4-6-20)32-16-23(30)26-19-11-9-18(25)10-12-19/h2-14H,15-16H2,1H3,(H,26,30). The highest BCUT2D eigenvalue weighted by Crippen LogP contribution is 2.24. The quantitative estimate of drug-likeness (QED) is 0.360. The van der Waals surface area contributed by atoms with Crippen LogP contribution in [0, 0.1) is 0 Å². The molecule has 1 aromatic heterocycles. The summed E-state index contributed by atoms with van der Waals surface area (Å²) in [7, 11) is 1.65.